The Bertz CT molecular complexity index is 567. The van der Waals surface area contributed by atoms with Crippen LogP contribution in [0.4, 0.5) is 39.5 Å². The van der Waals surface area contributed by atoms with Gasteiger partial charge in [0.1, 0.15) is 10.8 Å². The maximum absolute atomic E-state index is 13.4. The van der Waals surface area contributed by atoms with E-state index in [9.17, 15) is 43.7 Å². The minimum absolute atomic E-state index is 0.254. The fourth-order valence-corrected chi connectivity index (χ4v) is 2.49. The summed E-state index contributed by atoms with van der Waals surface area (Å²) >= 11 is 2.84. The summed E-state index contributed by atoms with van der Waals surface area (Å²) in [4.78, 5) is -1.04. The van der Waals surface area contributed by atoms with E-state index in [1.54, 1.807) is 0 Å². The molecule has 0 fully saturated rings. The number of alkyl halides is 9. The lowest BCUT2D eigenvalue weighted by molar-refractivity contribution is -0.381. The molecule has 0 radical (unpaired) electrons. The Balaban J connectivity index is 3.32. The largest absolute Gasteiger partial charge is 0.460 e. The van der Waals surface area contributed by atoms with Crippen molar-refractivity contribution in [1.82, 2.24) is 0 Å². The van der Waals surface area contributed by atoms with Crippen molar-refractivity contribution in [3.8, 4) is 0 Å². The predicted octanol–water partition coefficient (Wildman–Crippen LogP) is 4.98. The van der Waals surface area contributed by atoms with Crippen molar-refractivity contribution in [3.05, 3.63) is 28.7 Å². The molecule has 1 aromatic carbocycles. The minimum Gasteiger partial charge on any atom is -0.248 e. The highest BCUT2D eigenvalue weighted by Crippen LogP contribution is 2.54. The van der Waals surface area contributed by atoms with Gasteiger partial charge in [-0.05, 0) is 24.3 Å². The standard InChI is InChI=1S/C10H4BrF9OS/c11-5-1-3-6(4-2-5)22(21)10(19,20)8(14,15)7(12,13)9(16,17)18/h1-4H. The maximum Gasteiger partial charge on any atom is 0.460 e. The van der Waals surface area contributed by atoms with Crippen LogP contribution in [0.5, 0.6) is 0 Å². The van der Waals surface area contributed by atoms with Crippen LogP contribution in [-0.4, -0.2) is 27.5 Å². The molecule has 0 aromatic heterocycles. The fourth-order valence-electron chi connectivity index (χ4n) is 1.18. The van der Waals surface area contributed by atoms with Gasteiger partial charge < -0.3 is 0 Å². The van der Waals surface area contributed by atoms with Crippen LogP contribution in [0.15, 0.2) is 33.6 Å². The van der Waals surface area contributed by atoms with E-state index in [1.165, 1.54) is 0 Å². The normalized spacial score (nSPS) is 15.7. The first kappa shape index (κ1) is 19.3. The monoisotopic (exact) mass is 422 g/mol. The molecule has 0 saturated carbocycles. The Morgan fingerprint density at radius 2 is 1.18 bits per heavy atom. The molecule has 126 valence electrons. The summed E-state index contributed by atoms with van der Waals surface area (Å²) in [6, 6.07) is 3.19. The van der Waals surface area contributed by atoms with Gasteiger partial charge in [0.25, 0.3) is 0 Å². The number of rotatable bonds is 4. The molecule has 0 bridgehead atoms. The lowest BCUT2D eigenvalue weighted by atomic mass is 10.1. The van der Waals surface area contributed by atoms with Crippen molar-refractivity contribution in [2.75, 3.05) is 0 Å². The summed E-state index contributed by atoms with van der Waals surface area (Å²) in [5.41, 5.74) is 0. The summed E-state index contributed by atoms with van der Waals surface area (Å²) in [6.07, 6.45) is -6.94. The van der Waals surface area contributed by atoms with E-state index in [0.29, 0.717) is 12.1 Å². The number of halogens is 10. The van der Waals surface area contributed by atoms with E-state index in [0.717, 1.165) is 12.1 Å². The molecule has 1 aromatic rings. The highest BCUT2D eigenvalue weighted by Gasteiger charge is 2.83. The van der Waals surface area contributed by atoms with Gasteiger partial charge in [-0.25, -0.2) is 4.21 Å². The quantitative estimate of drug-likeness (QED) is 0.625. The average molecular weight is 423 g/mol. The molecule has 0 heterocycles. The van der Waals surface area contributed by atoms with E-state index in [4.69, 9.17) is 0 Å². The molecule has 0 aliphatic rings. The number of benzene rings is 1. The molecule has 0 saturated heterocycles. The van der Waals surface area contributed by atoms with Gasteiger partial charge in [0, 0.05) is 9.37 Å². The van der Waals surface area contributed by atoms with Gasteiger partial charge in [0.2, 0.25) is 0 Å². The molecule has 12 heteroatoms. The zero-order valence-corrected chi connectivity index (χ0v) is 12.3. The second kappa shape index (κ2) is 5.69. The molecule has 22 heavy (non-hydrogen) atoms. The third kappa shape index (κ3) is 2.99. The van der Waals surface area contributed by atoms with Crippen molar-refractivity contribution in [2.45, 2.75) is 28.2 Å². The molecular weight excluding hydrogens is 419 g/mol. The number of hydrogen-bond donors (Lipinski definition) is 0. The Hall–Kier alpha value is -0.780. The van der Waals surface area contributed by atoms with E-state index >= 15 is 0 Å². The summed E-state index contributed by atoms with van der Waals surface area (Å²) < 4.78 is 126. The first-order valence-electron chi connectivity index (χ1n) is 5.04. The van der Waals surface area contributed by atoms with Gasteiger partial charge in [-0.1, -0.05) is 15.9 Å². The Morgan fingerprint density at radius 3 is 1.55 bits per heavy atom. The van der Waals surface area contributed by atoms with Crippen LogP contribution in [0.25, 0.3) is 0 Å². The zero-order chi connectivity index (χ0) is 17.6. The molecular formula is C10H4BrF9OS. The number of hydrogen-bond acceptors (Lipinski definition) is 1. The SMILES string of the molecule is O=S(c1ccc(Br)cc1)C(F)(F)C(F)(F)C(F)(F)C(F)(F)F. The molecule has 0 N–H and O–H groups in total. The minimum atomic E-state index is -7.06. The van der Waals surface area contributed by atoms with Crippen LogP contribution in [0.2, 0.25) is 0 Å². The lowest BCUT2D eigenvalue weighted by Gasteiger charge is -2.32. The third-order valence-electron chi connectivity index (χ3n) is 2.38. The summed E-state index contributed by atoms with van der Waals surface area (Å²) in [5, 5.41) is -6.15. The van der Waals surface area contributed by atoms with Crippen molar-refractivity contribution in [1.29, 1.82) is 0 Å². The van der Waals surface area contributed by atoms with E-state index in [-0.39, 0.29) is 4.47 Å². The van der Waals surface area contributed by atoms with Gasteiger partial charge in [-0.2, -0.15) is 39.5 Å². The lowest BCUT2D eigenvalue weighted by Crippen LogP contribution is -2.62. The first-order chi connectivity index (χ1) is 9.66. The summed E-state index contributed by atoms with van der Waals surface area (Å²) in [5.74, 6) is -14.0. The van der Waals surface area contributed by atoms with Crippen molar-refractivity contribution >= 4 is 26.7 Å². The van der Waals surface area contributed by atoms with Gasteiger partial charge in [0.15, 0.2) is 0 Å². The summed E-state index contributed by atoms with van der Waals surface area (Å²) in [7, 11) is -4.14. The topological polar surface area (TPSA) is 17.1 Å². The first-order valence-corrected chi connectivity index (χ1v) is 6.98. The molecule has 0 aliphatic heterocycles. The zero-order valence-electron chi connectivity index (χ0n) is 9.91. The predicted molar refractivity (Wildman–Crippen MR) is 61.4 cm³/mol. The molecule has 0 spiro atoms. The van der Waals surface area contributed by atoms with Crippen LogP contribution >= 0.6 is 15.9 Å². The Labute approximate surface area is 128 Å². The fraction of sp³-hybridized carbons (Fsp3) is 0.400. The molecule has 0 aliphatic carbocycles. The second-order valence-electron chi connectivity index (χ2n) is 3.89. The molecule has 0 amide bonds. The average Bonchev–Trinajstić information content (AvgIpc) is 2.37. The molecule has 1 rings (SSSR count). The van der Waals surface area contributed by atoms with E-state index in [1.807, 2.05) is 0 Å². The van der Waals surface area contributed by atoms with Crippen LogP contribution in [0.1, 0.15) is 0 Å². The van der Waals surface area contributed by atoms with Gasteiger partial charge in [-0.3, -0.25) is 0 Å². The van der Waals surface area contributed by atoms with E-state index < -0.39 is 39.0 Å². The van der Waals surface area contributed by atoms with E-state index in [2.05, 4.69) is 15.9 Å². The second-order valence-corrected chi connectivity index (χ2v) is 6.32. The van der Waals surface area contributed by atoms with Crippen LogP contribution in [0.3, 0.4) is 0 Å². The van der Waals surface area contributed by atoms with Crippen molar-refractivity contribution in [2.24, 2.45) is 0 Å². The molecule has 1 unspecified atom stereocenters. The van der Waals surface area contributed by atoms with Crippen molar-refractivity contribution < 1.29 is 43.7 Å². The van der Waals surface area contributed by atoms with Crippen LogP contribution < -0.4 is 0 Å². The van der Waals surface area contributed by atoms with Gasteiger partial charge in [0.05, 0.1) is 0 Å². The van der Waals surface area contributed by atoms with Crippen LogP contribution in [-0.2, 0) is 10.8 Å². The third-order valence-corrected chi connectivity index (χ3v) is 4.33. The highest BCUT2D eigenvalue weighted by molar-refractivity contribution is 9.10. The van der Waals surface area contributed by atoms with Crippen molar-refractivity contribution in [3.63, 3.8) is 0 Å². The molecule has 1 nitrogen and oxygen atoms in total. The summed E-state index contributed by atoms with van der Waals surface area (Å²) in [6.45, 7) is 0. The van der Waals surface area contributed by atoms with Gasteiger partial charge in [-0.15, -0.1) is 0 Å². The van der Waals surface area contributed by atoms with Gasteiger partial charge >= 0.3 is 23.3 Å². The van der Waals surface area contributed by atoms with Crippen LogP contribution in [0, 0.1) is 0 Å². The molecule has 1 atom stereocenters. The Kier molecular flexibility index (Phi) is 4.99. The maximum atomic E-state index is 13.4. The smallest absolute Gasteiger partial charge is 0.248 e. The highest BCUT2D eigenvalue weighted by atomic mass is 79.9. The Morgan fingerprint density at radius 1 is 0.773 bits per heavy atom.